The van der Waals surface area contributed by atoms with Gasteiger partial charge in [-0.25, -0.2) is 9.78 Å². The predicted molar refractivity (Wildman–Crippen MR) is 146 cm³/mol. The average molecular weight is 570 g/mol. The first kappa shape index (κ1) is 25.7. The van der Waals surface area contributed by atoms with Crippen molar-refractivity contribution in [1.29, 1.82) is 0 Å². The summed E-state index contributed by atoms with van der Waals surface area (Å²) in [4.78, 5) is 64.2. The van der Waals surface area contributed by atoms with Crippen LogP contribution in [0.3, 0.4) is 0 Å². The van der Waals surface area contributed by atoms with E-state index in [9.17, 15) is 19.2 Å². The lowest BCUT2D eigenvalue weighted by molar-refractivity contribution is -0.123. The molecule has 15 heteroatoms. The van der Waals surface area contributed by atoms with Crippen molar-refractivity contribution in [2.24, 2.45) is 0 Å². The van der Waals surface area contributed by atoms with Crippen LogP contribution in [-0.4, -0.2) is 75.4 Å². The smallest absolute Gasteiger partial charge is 0.322 e. The fourth-order valence-electron chi connectivity index (χ4n) is 6.63. The summed E-state index contributed by atoms with van der Waals surface area (Å²) >= 11 is 0. The number of carbonyl (C=O) groups is 4. The average Bonchev–Trinajstić information content (AvgIpc) is 3.74. The highest BCUT2D eigenvalue weighted by molar-refractivity contribution is 6.07. The molecule has 42 heavy (non-hydrogen) atoms. The van der Waals surface area contributed by atoms with E-state index in [2.05, 4.69) is 35.9 Å². The lowest BCUT2D eigenvalue weighted by Gasteiger charge is -2.38. The maximum absolute atomic E-state index is 13.1. The first-order valence-electron chi connectivity index (χ1n) is 13.6. The Labute approximate surface area is 238 Å². The van der Waals surface area contributed by atoms with Crippen molar-refractivity contribution in [2.45, 2.75) is 63.1 Å². The van der Waals surface area contributed by atoms with Crippen molar-refractivity contribution in [3.63, 3.8) is 0 Å². The molecule has 1 unspecified atom stereocenters. The van der Waals surface area contributed by atoms with Crippen molar-refractivity contribution < 1.29 is 19.2 Å². The Morgan fingerprint density at radius 1 is 1.12 bits per heavy atom. The zero-order valence-electron chi connectivity index (χ0n) is 22.8. The van der Waals surface area contributed by atoms with E-state index >= 15 is 0 Å². The molecule has 3 saturated heterocycles. The summed E-state index contributed by atoms with van der Waals surface area (Å²) < 4.78 is 1.45. The van der Waals surface area contributed by atoms with Gasteiger partial charge >= 0.3 is 6.03 Å². The molecule has 2 bridgehead atoms. The van der Waals surface area contributed by atoms with Crippen molar-refractivity contribution in [3.8, 4) is 11.1 Å². The van der Waals surface area contributed by atoms with Gasteiger partial charge in [0.1, 0.15) is 12.1 Å². The zero-order chi connectivity index (χ0) is 29.3. The maximum atomic E-state index is 13.1. The Morgan fingerprint density at radius 3 is 2.48 bits per heavy atom. The van der Waals surface area contributed by atoms with Crippen molar-refractivity contribution in [1.82, 2.24) is 50.3 Å². The summed E-state index contributed by atoms with van der Waals surface area (Å²) in [6, 6.07) is 2.80. The number of H-pyrrole nitrogens is 1. The summed E-state index contributed by atoms with van der Waals surface area (Å²) in [5.74, 6) is -0.554. The van der Waals surface area contributed by atoms with Crippen LogP contribution in [-0.2, 0) is 10.3 Å². The molecule has 0 radical (unpaired) electrons. The van der Waals surface area contributed by atoms with Gasteiger partial charge in [0.25, 0.3) is 11.8 Å². The number of rotatable bonds is 5. The van der Waals surface area contributed by atoms with Gasteiger partial charge in [-0.1, -0.05) is 6.07 Å². The van der Waals surface area contributed by atoms with Crippen LogP contribution in [0.15, 0.2) is 30.9 Å². The second-order valence-electron chi connectivity index (χ2n) is 11.2. The molecular formula is C27H27N11O4. The van der Waals surface area contributed by atoms with Gasteiger partial charge in [-0.05, 0) is 45.6 Å². The summed E-state index contributed by atoms with van der Waals surface area (Å²) in [6.07, 6.45) is 7.54. The van der Waals surface area contributed by atoms with Crippen LogP contribution in [0.5, 0.6) is 0 Å². The molecule has 5 N–H and O–H groups in total. The summed E-state index contributed by atoms with van der Waals surface area (Å²) in [6.45, 7) is 3.05. The number of ketones is 1. The lowest BCUT2D eigenvalue weighted by Crippen LogP contribution is -2.46. The molecule has 4 aromatic heterocycles. The van der Waals surface area contributed by atoms with Crippen molar-refractivity contribution in [2.75, 3.05) is 5.73 Å². The number of nitrogens with one attached hydrogen (secondary N) is 3. The van der Waals surface area contributed by atoms with Gasteiger partial charge in [-0.2, -0.15) is 9.61 Å². The number of Topliss-reactive ketones (excluding diaryl/α,β-unsaturated/α-hetero) is 1. The molecule has 4 aromatic rings. The van der Waals surface area contributed by atoms with Crippen LogP contribution in [0.2, 0.25) is 0 Å². The predicted octanol–water partition coefficient (Wildman–Crippen LogP) is 1.30. The topological polar surface area (TPSA) is 206 Å². The quantitative estimate of drug-likeness (QED) is 0.200. The minimum atomic E-state index is -1.29. The van der Waals surface area contributed by atoms with E-state index in [4.69, 9.17) is 10.7 Å². The normalized spacial score (nSPS) is 25.1. The Hall–Kier alpha value is -5.21. The van der Waals surface area contributed by atoms with Crippen molar-refractivity contribution in [3.05, 3.63) is 53.6 Å². The van der Waals surface area contributed by atoms with Gasteiger partial charge in [0.05, 0.1) is 23.1 Å². The minimum Gasteiger partial charge on any atom is -0.383 e. The monoisotopic (exact) mass is 569 g/mol. The van der Waals surface area contributed by atoms with Gasteiger partial charge in [-0.3, -0.25) is 24.7 Å². The van der Waals surface area contributed by atoms with Crippen LogP contribution in [0.1, 0.15) is 77.8 Å². The molecule has 0 aromatic carbocycles. The number of hydrogen-bond donors (Lipinski definition) is 4. The number of carbonyl (C=O) groups excluding carboxylic acids is 4. The molecule has 0 spiro atoms. The fourth-order valence-corrected chi connectivity index (χ4v) is 6.63. The molecular weight excluding hydrogens is 542 g/mol. The molecule has 15 nitrogen and oxygen atoms in total. The van der Waals surface area contributed by atoms with Gasteiger partial charge in [0.2, 0.25) is 5.82 Å². The van der Waals surface area contributed by atoms with E-state index < -0.39 is 17.5 Å². The van der Waals surface area contributed by atoms with Gasteiger partial charge in [0.15, 0.2) is 17.0 Å². The summed E-state index contributed by atoms with van der Waals surface area (Å²) in [7, 11) is 0. The first-order valence-corrected chi connectivity index (χ1v) is 13.6. The number of piperidine rings is 1. The first-order chi connectivity index (χ1) is 20.2. The van der Waals surface area contributed by atoms with E-state index in [0.29, 0.717) is 46.6 Å². The third kappa shape index (κ3) is 3.76. The van der Waals surface area contributed by atoms with E-state index in [-0.39, 0.29) is 41.3 Å². The van der Waals surface area contributed by atoms with E-state index in [0.717, 1.165) is 12.8 Å². The number of urea groups is 1. The third-order valence-electron chi connectivity index (χ3n) is 8.67. The number of anilines is 1. The summed E-state index contributed by atoms with van der Waals surface area (Å²) in [5, 5.41) is 16.9. The Morgan fingerprint density at radius 2 is 1.88 bits per heavy atom. The van der Waals surface area contributed by atoms with Gasteiger partial charge < -0.3 is 20.9 Å². The minimum absolute atomic E-state index is 0.0267. The molecule has 4 atom stereocenters. The number of fused-ring (bicyclic) bond motifs is 3. The number of imide groups is 1. The number of nitrogens with zero attached hydrogens (tertiary/aromatic N) is 7. The number of hydrogen-bond acceptors (Lipinski definition) is 10. The molecule has 4 amide bonds. The van der Waals surface area contributed by atoms with Crippen LogP contribution >= 0.6 is 0 Å². The number of amides is 4. The third-order valence-corrected chi connectivity index (χ3v) is 8.67. The number of nitrogen functional groups attached to an aromatic ring is 1. The Balaban J connectivity index is 1.25. The molecule has 3 fully saturated rings. The second kappa shape index (κ2) is 9.15. The number of aromatic nitrogens is 7. The summed E-state index contributed by atoms with van der Waals surface area (Å²) in [5.41, 5.74) is 8.35. The van der Waals surface area contributed by atoms with E-state index in [1.54, 1.807) is 31.5 Å². The molecule has 0 aliphatic carbocycles. The number of aromatic amines is 1. The molecule has 7 heterocycles. The standard InChI is InChI=1S/C27H27N11O4/c1-12(39)19-20(14-7-15-4-5-16(8-14)37(15)24(40)22-30-11-31-36-22)33-23-17(10-32-38(23)21(19)28)13-3-6-18(29-9-13)27(2)25(41)34-26(42)35-27/h3,6,9-11,14-16H,4-5,7-8,28H2,1-2H3,(H,30,31,36)(H2,34,35,41,42)/t14-,15-,16+,27?. The molecule has 0 saturated carbocycles. The van der Waals surface area contributed by atoms with Crippen molar-refractivity contribution >= 4 is 35.1 Å². The molecule has 7 rings (SSSR count). The Bertz CT molecular complexity index is 1770. The van der Waals surface area contributed by atoms with E-state index in [1.807, 2.05) is 4.90 Å². The highest BCUT2D eigenvalue weighted by Gasteiger charge is 2.46. The maximum Gasteiger partial charge on any atom is 0.322 e. The van der Waals surface area contributed by atoms with Gasteiger partial charge in [-0.15, -0.1) is 10.2 Å². The fraction of sp³-hybridized carbons (Fsp3) is 0.370. The highest BCUT2D eigenvalue weighted by atomic mass is 16.2. The lowest BCUT2D eigenvalue weighted by atomic mass is 9.85. The SMILES string of the molecule is CC(=O)c1c([C@@H]2C[C@H]3CC[C@@H](C2)N3C(=O)c2nnc[nH]2)nc2c(-c3ccc(C4(C)NC(=O)NC4=O)nc3)cnn2c1N. The zero-order valence-corrected chi connectivity index (χ0v) is 22.8. The number of nitrogens with two attached hydrogens (primary N) is 1. The largest absolute Gasteiger partial charge is 0.383 e. The van der Waals surface area contributed by atoms with Crippen LogP contribution in [0.25, 0.3) is 16.8 Å². The van der Waals surface area contributed by atoms with Crippen LogP contribution < -0.4 is 16.4 Å². The number of pyridine rings is 1. The van der Waals surface area contributed by atoms with E-state index in [1.165, 1.54) is 17.8 Å². The highest BCUT2D eigenvalue weighted by Crippen LogP contribution is 2.45. The molecule has 3 aliphatic heterocycles. The van der Waals surface area contributed by atoms with Crippen LogP contribution in [0, 0.1) is 0 Å². The Kier molecular flexibility index (Phi) is 5.61. The second-order valence-corrected chi connectivity index (χ2v) is 11.2. The molecule has 214 valence electrons. The van der Waals surface area contributed by atoms with Gasteiger partial charge in [0, 0.05) is 35.3 Å². The van der Waals surface area contributed by atoms with Crippen LogP contribution in [0.4, 0.5) is 10.6 Å². The molecule has 3 aliphatic rings.